The van der Waals surface area contributed by atoms with E-state index in [1.54, 1.807) is 56.5 Å². The van der Waals surface area contributed by atoms with Gasteiger partial charge in [-0.15, -0.1) is 0 Å². The number of ether oxygens (including phenoxy) is 2. The predicted octanol–water partition coefficient (Wildman–Crippen LogP) is 3.14. The maximum absolute atomic E-state index is 12.3. The number of hydrogen-bond donors (Lipinski definition) is 1. The van der Waals surface area contributed by atoms with Crippen molar-refractivity contribution < 1.29 is 19.1 Å². The number of methoxy groups -OCH3 is 2. The van der Waals surface area contributed by atoms with Gasteiger partial charge >= 0.3 is 0 Å². The van der Waals surface area contributed by atoms with Crippen LogP contribution in [0.1, 0.15) is 22.3 Å². The second kappa shape index (κ2) is 9.83. The van der Waals surface area contributed by atoms with Gasteiger partial charge in [0, 0.05) is 26.6 Å². The zero-order chi connectivity index (χ0) is 19.8. The van der Waals surface area contributed by atoms with Crippen LogP contribution in [-0.2, 0) is 11.3 Å². The molecule has 0 radical (unpaired) electrons. The Morgan fingerprint density at radius 1 is 1.07 bits per heavy atom. The van der Waals surface area contributed by atoms with Crippen LogP contribution in [0.15, 0.2) is 42.5 Å². The maximum atomic E-state index is 12.3. The van der Waals surface area contributed by atoms with E-state index in [1.165, 1.54) is 0 Å². The molecule has 6 nitrogen and oxygen atoms in total. The van der Waals surface area contributed by atoms with Gasteiger partial charge in [0.25, 0.3) is 5.91 Å². The first-order valence-electron chi connectivity index (χ1n) is 8.44. The quantitative estimate of drug-likeness (QED) is 0.751. The third kappa shape index (κ3) is 5.62. The first kappa shape index (κ1) is 20.6. The lowest BCUT2D eigenvalue weighted by molar-refractivity contribution is -0.130. The van der Waals surface area contributed by atoms with E-state index >= 15 is 0 Å². The summed E-state index contributed by atoms with van der Waals surface area (Å²) in [5.41, 5.74) is 1.31. The van der Waals surface area contributed by atoms with Crippen molar-refractivity contribution in [1.29, 1.82) is 0 Å². The van der Waals surface area contributed by atoms with Crippen LogP contribution in [0.3, 0.4) is 0 Å². The van der Waals surface area contributed by atoms with E-state index in [4.69, 9.17) is 21.1 Å². The molecule has 0 spiro atoms. The van der Waals surface area contributed by atoms with Crippen LogP contribution in [0.2, 0.25) is 5.02 Å². The van der Waals surface area contributed by atoms with Crippen molar-refractivity contribution in [3.8, 4) is 11.5 Å². The Morgan fingerprint density at radius 2 is 1.78 bits per heavy atom. The summed E-state index contributed by atoms with van der Waals surface area (Å²) in [6, 6.07) is 12.3. The topological polar surface area (TPSA) is 67.9 Å². The number of amides is 2. The van der Waals surface area contributed by atoms with Gasteiger partial charge in [-0.25, -0.2) is 0 Å². The highest BCUT2D eigenvalue weighted by molar-refractivity contribution is 6.33. The van der Waals surface area contributed by atoms with E-state index in [0.29, 0.717) is 28.6 Å². The molecular formula is C20H23ClN2O4. The number of carbonyl (C=O) groups is 2. The van der Waals surface area contributed by atoms with Gasteiger partial charge in [0.2, 0.25) is 5.91 Å². The van der Waals surface area contributed by atoms with Crippen LogP contribution in [0.4, 0.5) is 0 Å². The van der Waals surface area contributed by atoms with Crippen molar-refractivity contribution in [3.05, 3.63) is 58.6 Å². The summed E-state index contributed by atoms with van der Waals surface area (Å²) >= 11 is 5.99. The standard InChI is InChI=1S/C20H23ClN2O4/c1-23(13-14-8-9-17(26-2)18(12-14)27-3)19(24)10-11-22-20(25)15-6-4-5-7-16(15)21/h4-9,12H,10-11,13H2,1-3H3,(H,22,25). The van der Waals surface area contributed by atoms with Crippen LogP contribution >= 0.6 is 11.6 Å². The molecule has 0 saturated carbocycles. The minimum absolute atomic E-state index is 0.0794. The molecule has 2 rings (SSSR count). The molecule has 0 heterocycles. The highest BCUT2D eigenvalue weighted by Gasteiger charge is 2.13. The molecule has 0 aliphatic rings. The second-order valence-electron chi connectivity index (χ2n) is 5.92. The van der Waals surface area contributed by atoms with E-state index < -0.39 is 0 Å². The van der Waals surface area contributed by atoms with E-state index in [9.17, 15) is 9.59 Å². The van der Waals surface area contributed by atoms with E-state index in [0.717, 1.165) is 5.56 Å². The van der Waals surface area contributed by atoms with Gasteiger partial charge < -0.3 is 19.7 Å². The Kier molecular flexibility index (Phi) is 7.49. The monoisotopic (exact) mass is 390 g/mol. The average Bonchev–Trinajstić information content (AvgIpc) is 2.67. The lowest BCUT2D eigenvalue weighted by atomic mass is 10.2. The largest absolute Gasteiger partial charge is 0.493 e. The number of benzene rings is 2. The fraction of sp³-hybridized carbons (Fsp3) is 0.300. The Hall–Kier alpha value is -2.73. The van der Waals surface area contributed by atoms with Gasteiger partial charge in [-0.1, -0.05) is 29.8 Å². The molecule has 0 unspecified atom stereocenters. The van der Waals surface area contributed by atoms with E-state index in [-0.39, 0.29) is 24.8 Å². The molecule has 0 atom stereocenters. The average molecular weight is 391 g/mol. The minimum atomic E-state index is -0.295. The normalized spacial score (nSPS) is 10.2. The van der Waals surface area contributed by atoms with Crippen molar-refractivity contribution in [1.82, 2.24) is 10.2 Å². The van der Waals surface area contributed by atoms with Crippen molar-refractivity contribution >= 4 is 23.4 Å². The van der Waals surface area contributed by atoms with Crippen LogP contribution in [0, 0.1) is 0 Å². The minimum Gasteiger partial charge on any atom is -0.493 e. The molecule has 0 aromatic heterocycles. The highest BCUT2D eigenvalue weighted by atomic mass is 35.5. The van der Waals surface area contributed by atoms with Crippen LogP contribution in [0.25, 0.3) is 0 Å². The van der Waals surface area contributed by atoms with Crippen molar-refractivity contribution in [2.75, 3.05) is 27.8 Å². The summed E-state index contributed by atoms with van der Waals surface area (Å²) in [5.74, 6) is 0.876. The molecule has 0 saturated heterocycles. The fourth-order valence-electron chi connectivity index (χ4n) is 2.56. The van der Waals surface area contributed by atoms with Crippen molar-refractivity contribution in [3.63, 3.8) is 0 Å². The molecule has 0 aliphatic heterocycles. The Balaban J connectivity index is 1.85. The van der Waals surface area contributed by atoms with Gasteiger partial charge in [0.05, 0.1) is 24.8 Å². The Labute approximate surface area is 164 Å². The van der Waals surface area contributed by atoms with Gasteiger partial charge in [-0.3, -0.25) is 9.59 Å². The molecule has 27 heavy (non-hydrogen) atoms. The summed E-state index contributed by atoms with van der Waals surface area (Å²) in [5, 5.41) is 3.10. The SMILES string of the molecule is COc1ccc(CN(C)C(=O)CCNC(=O)c2ccccc2Cl)cc1OC. The number of rotatable bonds is 8. The van der Waals surface area contributed by atoms with E-state index in [2.05, 4.69) is 5.32 Å². The molecule has 7 heteroatoms. The summed E-state index contributed by atoms with van der Waals surface area (Å²) in [7, 11) is 4.86. The van der Waals surface area contributed by atoms with Gasteiger partial charge in [-0.2, -0.15) is 0 Å². The molecule has 0 fully saturated rings. The molecule has 0 bridgehead atoms. The van der Waals surface area contributed by atoms with Crippen LogP contribution < -0.4 is 14.8 Å². The summed E-state index contributed by atoms with van der Waals surface area (Å²) in [4.78, 5) is 26.0. The first-order valence-corrected chi connectivity index (χ1v) is 8.81. The predicted molar refractivity (Wildman–Crippen MR) is 104 cm³/mol. The molecule has 0 aliphatic carbocycles. The van der Waals surface area contributed by atoms with E-state index in [1.807, 2.05) is 12.1 Å². The summed E-state index contributed by atoms with van der Waals surface area (Å²) in [6.07, 6.45) is 0.194. The first-order chi connectivity index (χ1) is 13.0. The fourth-order valence-corrected chi connectivity index (χ4v) is 2.78. The number of halogens is 1. The Bertz CT molecular complexity index is 810. The number of hydrogen-bond acceptors (Lipinski definition) is 4. The third-order valence-corrected chi connectivity index (χ3v) is 4.37. The van der Waals surface area contributed by atoms with Gasteiger partial charge in [0.15, 0.2) is 11.5 Å². The van der Waals surface area contributed by atoms with Gasteiger partial charge in [-0.05, 0) is 29.8 Å². The van der Waals surface area contributed by atoms with Crippen molar-refractivity contribution in [2.45, 2.75) is 13.0 Å². The molecule has 144 valence electrons. The zero-order valence-corrected chi connectivity index (χ0v) is 16.4. The zero-order valence-electron chi connectivity index (χ0n) is 15.6. The number of carbonyl (C=O) groups excluding carboxylic acids is 2. The van der Waals surface area contributed by atoms with Crippen molar-refractivity contribution in [2.24, 2.45) is 0 Å². The molecule has 2 aromatic carbocycles. The molecule has 1 N–H and O–H groups in total. The third-order valence-electron chi connectivity index (χ3n) is 4.04. The highest BCUT2D eigenvalue weighted by Crippen LogP contribution is 2.27. The Morgan fingerprint density at radius 3 is 2.44 bits per heavy atom. The van der Waals surface area contributed by atoms with Crippen LogP contribution in [-0.4, -0.2) is 44.5 Å². The molecule has 2 amide bonds. The van der Waals surface area contributed by atoms with Gasteiger partial charge in [0.1, 0.15) is 0 Å². The van der Waals surface area contributed by atoms with Crippen LogP contribution in [0.5, 0.6) is 11.5 Å². The number of nitrogens with one attached hydrogen (secondary N) is 1. The molecular weight excluding hydrogens is 368 g/mol. The lowest BCUT2D eigenvalue weighted by Gasteiger charge is -2.18. The number of nitrogens with zero attached hydrogens (tertiary/aromatic N) is 1. The summed E-state index contributed by atoms with van der Waals surface area (Å²) in [6.45, 7) is 0.664. The lowest BCUT2D eigenvalue weighted by Crippen LogP contribution is -2.32. The smallest absolute Gasteiger partial charge is 0.252 e. The molecule has 2 aromatic rings. The summed E-state index contributed by atoms with van der Waals surface area (Å²) < 4.78 is 10.5. The second-order valence-corrected chi connectivity index (χ2v) is 6.33. The maximum Gasteiger partial charge on any atom is 0.252 e.